The molecule has 1 saturated carbocycles. The Morgan fingerprint density at radius 2 is 1.85 bits per heavy atom. The topological polar surface area (TPSA) is 178 Å². The number of aromatic hydroxyl groups is 1. The normalized spacial score (nSPS) is 25.7. The van der Waals surface area contributed by atoms with Crippen LogP contribution in [-0.2, 0) is 33.6 Å². The zero-order chi connectivity index (χ0) is 30.0. The summed E-state index contributed by atoms with van der Waals surface area (Å²) in [6.45, 7) is 0. The minimum absolute atomic E-state index is 0.0438. The summed E-state index contributed by atoms with van der Waals surface area (Å²) in [7, 11) is 6.83. The van der Waals surface area contributed by atoms with Crippen molar-refractivity contribution in [2.75, 3.05) is 33.1 Å². The second-order valence-corrected chi connectivity index (χ2v) is 11.5. The van der Waals surface area contributed by atoms with Gasteiger partial charge in [-0.05, 0) is 74.5 Å². The number of nitrogens with two attached hydrogens (primary N) is 1. The maximum Gasteiger partial charge on any atom is 0.255 e. The average Bonchev–Trinajstić information content (AvgIpc) is 2.90. The van der Waals surface area contributed by atoms with E-state index >= 15 is 0 Å². The summed E-state index contributed by atoms with van der Waals surface area (Å²) in [6.07, 6.45) is 4.69. The number of ketones is 2. The molecule has 4 atom stereocenters. The van der Waals surface area contributed by atoms with Crippen molar-refractivity contribution in [3.05, 3.63) is 69.8 Å². The predicted octanol–water partition coefficient (Wildman–Crippen LogP) is 1.21. The highest BCUT2D eigenvalue weighted by atomic mass is 16.3. The van der Waals surface area contributed by atoms with Gasteiger partial charge in [0.05, 0.1) is 11.6 Å². The minimum Gasteiger partial charge on any atom is -0.508 e. The fourth-order valence-electron chi connectivity index (χ4n) is 6.76. The van der Waals surface area contributed by atoms with Crippen LogP contribution in [-0.4, -0.2) is 87.6 Å². The number of pyridine rings is 1. The molecule has 11 nitrogen and oxygen atoms in total. The number of aliphatic hydroxyl groups is 3. The molecule has 1 unspecified atom stereocenters. The molecular weight excluding hydrogens is 528 g/mol. The Morgan fingerprint density at radius 3 is 2.44 bits per heavy atom. The number of phenols is 1. The van der Waals surface area contributed by atoms with E-state index in [1.54, 1.807) is 26.5 Å². The van der Waals surface area contributed by atoms with Crippen molar-refractivity contribution in [1.29, 1.82) is 0 Å². The number of hydrogen-bond acceptors (Lipinski definition) is 10. The molecule has 216 valence electrons. The molecule has 0 saturated heterocycles. The van der Waals surface area contributed by atoms with Crippen molar-refractivity contribution in [2.24, 2.45) is 17.6 Å². The summed E-state index contributed by atoms with van der Waals surface area (Å²) in [5.41, 5.74) is 4.71. The number of phenolic OH excluding ortho intramolecular Hbond substituents is 1. The monoisotopic (exact) mass is 562 g/mol. The van der Waals surface area contributed by atoms with Gasteiger partial charge in [-0.2, -0.15) is 0 Å². The van der Waals surface area contributed by atoms with E-state index < -0.39 is 58.0 Å². The number of Topliss-reactive ketones (excluding diaryl/α,β-unsaturated/α-hetero) is 2. The number of fused-ring (bicyclic) bond motifs is 3. The standard InChI is InChI=1S/C30H34N4O7/c1-33(2)19-12-15(8-7-14-6-5-9-32-13-14)24(35)21-17(19)10-16-11-18-23(34(3)4)26(37)22(29(31)40)28(39)30(18,41)27(38)20(16)25(21)36/h5-6,9,12-13,16,18,23,35-36,39,41H,7-8,10-11H2,1-4H3,(H2,31,40)/t16-,18-,23?,30-/m0/s1. The van der Waals surface area contributed by atoms with Gasteiger partial charge in [0.1, 0.15) is 22.8 Å². The molecule has 0 bridgehead atoms. The van der Waals surface area contributed by atoms with Crippen molar-refractivity contribution in [1.82, 2.24) is 9.88 Å². The highest BCUT2D eigenvalue weighted by Crippen LogP contribution is 2.54. The summed E-state index contributed by atoms with van der Waals surface area (Å²) in [6, 6.07) is 4.49. The molecule has 1 aromatic heterocycles. The molecule has 1 amide bonds. The highest BCUT2D eigenvalue weighted by Gasteiger charge is 2.64. The number of nitrogens with zero attached hydrogens (tertiary/aromatic N) is 3. The molecule has 0 radical (unpaired) electrons. The second-order valence-electron chi connectivity index (χ2n) is 11.5. The van der Waals surface area contributed by atoms with Gasteiger partial charge in [0.2, 0.25) is 5.78 Å². The lowest BCUT2D eigenvalue weighted by atomic mass is 9.57. The number of benzene rings is 1. The van der Waals surface area contributed by atoms with Gasteiger partial charge >= 0.3 is 0 Å². The van der Waals surface area contributed by atoms with Crippen LogP contribution in [0.4, 0.5) is 5.69 Å². The van der Waals surface area contributed by atoms with Gasteiger partial charge in [-0.15, -0.1) is 0 Å². The third kappa shape index (κ3) is 4.18. The molecule has 1 heterocycles. The van der Waals surface area contributed by atoms with Gasteiger partial charge in [-0.25, -0.2) is 0 Å². The summed E-state index contributed by atoms with van der Waals surface area (Å²) in [4.78, 5) is 47.0. The van der Waals surface area contributed by atoms with Crippen molar-refractivity contribution in [2.45, 2.75) is 37.3 Å². The maximum atomic E-state index is 14.1. The highest BCUT2D eigenvalue weighted by molar-refractivity contribution is 6.24. The number of carbonyl (C=O) groups excluding carboxylic acids is 3. The number of hydrogen-bond donors (Lipinski definition) is 5. The van der Waals surface area contributed by atoms with E-state index in [1.807, 2.05) is 37.2 Å². The first kappa shape index (κ1) is 28.3. The molecule has 1 aromatic carbocycles. The molecule has 41 heavy (non-hydrogen) atoms. The average molecular weight is 563 g/mol. The molecule has 11 heteroatoms. The van der Waals surface area contributed by atoms with Crippen molar-refractivity contribution in [3.63, 3.8) is 0 Å². The first-order valence-electron chi connectivity index (χ1n) is 13.4. The number of aliphatic hydroxyl groups excluding tert-OH is 2. The molecule has 2 aromatic rings. The predicted molar refractivity (Wildman–Crippen MR) is 150 cm³/mol. The summed E-state index contributed by atoms with van der Waals surface area (Å²) in [5, 5.41) is 45.8. The van der Waals surface area contributed by atoms with Crippen molar-refractivity contribution >= 4 is 28.9 Å². The van der Waals surface area contributed by atoms with E-state index in [4.69, 9.17) is 5.73 Å². The molecular formula is C30H34N4O7. The van der Waals surface area contributed by atoms with E-state index in [1.165, 1.54) is 4.90 Å². The Kier molecular flexibility index (Phi) is 6.91. The van der Waals surface area contributed by atoms with Crippen molar-refractivity contribution < 1.29 is 34.8 Å². The molecule has 0 spiro atoms. The van der Waals surface area contributed by atoms with E-state index in [2.05, 4.69) is 4.98 Å². The summed E-state index contributed by atoms with van der Waals surface area (Å²) < 4.78 is 0. The quantitative estimate of drug-likeness (QED) is 0.322. The number of amides is 1. The van der Waals surface area contributed by atoms with E-state index in [0.717, 1.165) is 11.3 Å². The fourth-order valence-corrected chi connectivity index (χ4v) is 6.76. The molecule has 6 N–H and O–H groups in total. The SMILES string of the molecule is CN(C)c1cc(CCc2cccnc2)c(O)c2c1C[C@H]1C[C@H]3C(N(C)C)C(=O)C(C(N)=O)=C(O)[C@@]3(O)C(=O)C1=C2O. The van der Waals surface area contributed by atoms with Gasteiger partial charge in [-0.3, -0.25) is 24.3 Å². The smallest absolute Gasteiger partial charge is 0.255 e. The van der Waals surface area contributed by atoms with Crippen LogP contribution in [0.5, 0.6) is 5.75 Å². The zero-order valence-corrected chi connectivity index (χ0v) is 23.4. The van der Waals surface area contributed by atoms with E-state index in [0.29, 0.717) is 24.0 Å². The van der Waals surface area contributed by atoms with Gasteiger partial charge in [0.25, 0.3) is 5.91 Å². The van der Waals surface area contributed by atoms with E-state index in [-0.39, 0.29) is 29.7 Å². The van der Waals surface area contributed by atoms with Crippen LogP contribution in [0.25, 0.3) is 5.76 Å². The fraction of sp³-hybridized carbons (Fsp3) is 0.400. The van der Waals surface area contributed by atoms with Gasteiger partial charge < -0.3 is 31.1 Å². The number of carbonyl (C=O) groups is 3. The number of anilines is 1. The third-order valence-electron chi connectivity index (χ3n) is 8.66. The summed E-state index contributed by atoms with van der Waals surface area (Å²) in [5.74, 6) is -6.58. The number of aryl methyl sites for hydroxylation is 2. The molecule has 5 rings (SSSR count). The summed E-state index contributed by atoms with van der Waals surface area (Å²) >= 11 is 0. The van der Waals surface area contributed by atoms with Crippen LogP contribution in [0.3, 0.4) is 0 Å². The van der Waals surface area contributed by atoms with Crippen molar-refractivity contribution in [3.8, 4) is 5.75 Å². The lowest BCUT2D eigenvalue weighted by Crippen LogP contribution is -2.65. The largest absolute Gasteiger partial charge is 0.508 e. The lowest BCUT2D eigenvalue weighted by Gasteiger charge is -2.50. The van der Waals surface area contributed by atoms with Gasteiger partial charge in [0.15, 0.2) is 11.4 Å². The van der Waals surface area contributed by atoms with Crippen LogP contribution in [0.15, 0.2) is 47.5 Å². The van der Waals surface area contributed by atoms with E-state index in [9.17, 15) is 34.8 Å². The number of likely N-dealkylation sites (N-methyl/N-ethyl adjacent to an activating group) is 1. The Bertz CT molecular complexity index is 1530. The Hall–Kier alpha value is -4.22. The number of rotatable bonds is 6. The lowest BCUT2D eigenvalue weighted by molar-refractivity contribution is -0.153. The number of aromatic nitrogens is 1. The van der Waals surface area contributed by atoms with Crippen LogP contribution >= 0.6 is 0 Å². The van der Waals surface area contributed by atoms with Crippen LogP contribution in [0, 0.1) is 11.8 Å². The number of primary amides is 1. The minimum atomic E-state index is -2.66. The molecule has 1 fully saturated rings. The molecule has 3 aliphatic rings. The Morgan fingerprint density at radius 1 is 1.15 bits per heavy atom. The van der Waals surface area contributed by atoms with Crippen LogP contribution < -0.4 is 10.6 Å². The molecule has 3 aliphatic carbocycles. The van der Waals surface area contributed by atoms with Crippen LogP contribution in [0.2, 0.25) is 0 Å². The molecule has 0 aliphatic heterocycles. The third-order valence-corrected chi connectivity index (χ3v) is 8.66. The Balaban J connectivity index is 1.68. The maximum absolute atomic E-state index is 14.1. The first-order chi connectivity index (χ1) is 19.3. The van der Waals surface area contributed by atoms with Gasteiger partial charge in [-0.1, -0.05) is 6.07 Å². The first-order valence-corrected chi connectivity index (χ1v) is 13.4. The van der Waals surface area contributed by atoms with Crippen LogP contribution in [0.1, 0.15) is 28.7 Å². The Labute approximate surface area is 237 Å². The van der Waals surface area contributed by atoms with Gasteiger partial charge in [0, 0.05) is 43.7 Å². The zero-order valence-electron chi connectivity index (χ0n) is 23.4. The second kappa shape index (κ2) is 10.0.